The second kappa shape index (κ2) is 16.1. The van der Waals surface area contributed by atoms with Crippen molar-refractivity contribution in [1.82, 2.24) is 10.2 Å². The highest BCUT2D eigenvalue weighted by Gasteiger charge is 2.34. The average molecular weight is 664 g/mol. The number of hydrogen-bond acceptors (Lipinski definition) is 6. The van der Waals surface area contributed by atoms with Gasteiger partial charge in [-0.2, -0.15) is 0 Å². The van der Waals surface area contributed by atoms with Crippen molar-refractivity contribution in [1.29, 1.82) is 0 Å². The lowest BCUT2D eigenvalue weighted by Crippen LogP contribution is -2.53. The summed E-state index contributed by atoms with van der Waals surface area (Å²) in [7, 11) is -1.24. The Kier molecular flexibility index (Phi) is 12.1. The van der Waals surface area contributed by atoms with Crippen LogP contribution in [0.3, 0.4) is 0 Å². The minimum atomic E-state index is -4.28. The number of hydrogen-bond donors (Lipinski definition) is 1. The first-order valence-electron chi connectivity index (χ1n) is 14.8. The zero-order chi connectivity index (χ0) is 33.1. The Labute approximate surface area is 275 Å². The Balaban J connectivity index is 1.80. The Morgan fingerprint density at radius 1 is 0.826 bits per heavy atom. The molecule has 0 heterocycles. The van der Waals surface area contributed by atoms with Crippen LogP contribution in [0.5, 0.6) is 11.5 Å². The van der Waals surface area contributed by atoms with Gasteiger partial charge in [0, 0.05) is 24.5 Å². The molecule has 0 radical (unpaired) electrons. The topological polar surface area (TPSA) is 105 Å². The van der Waals surface area contributed by atoms with Gasteiger partial charge in [-0.15, -0.1) is 0 Å². The molecule has 2 amide bonds. The number of anilines is 1. The van der Waals surface area contributed by atoms with Crippen molar-refractivity contribution in [3.05, 3.63) is 119 Å². The van der Waals surface area contributed by atoms with E-state index in [4.69, 9.17) is 21.1 Å². The van der Waals surface area contributed by atoms with Gasteiger partial charge in [0.2, 0.25) is 11.8 Å². The van der Waals surface area contributed by atoms with E-state index in [0.717, 1.165) is 9.87 Å². The van der Waals surface area contributed by atoms with Gasteiger partial charge < -0.3 is 19.7 Å². The van der Waals surface area contributed by atoms with E-state index in [1.807, 2.05) is 43.3 Å². The van der Waals surface area contributed by atoms with Gasteiger partial charge in [0.25, 0.3) is 10.0 Å². The zero-order valence-electron chi connectivity index (χ0n) is 26.1. The van der Waals surface area contributed by atoms with E-state index >= 15 is 0 Å². The van der Waals surface area contributed by atoms with Crippen LogP contribution in [0.1, 0.15) is 24.5 Å². The van der Waals surface area contributed by atoms with E-state index in [0.29, 0.717) is 35.1 Å². The fourth-order valence-corrected chi connectivity index (χ4v) is 6.51. The zero-order valence-corrected chi connectivity index (χ0v) is 27.6. The summed E-state index contributed by atoms with van der Waals surface area (Å²) in [5.41, 5.74) is 1.76. The lowest BCUT2D eigenvalue weighted by molar-refractivity contribution is -0.140. The Bertz CT molecular complexity index is 1720. The molecule has 0 aromatic heterocycles. The van der Waals surface area contributed by atoms with E-state index in [-0.39, 0.29) is 29.5 Å². The molecule has 11 heteroatoms. The van der Waals surface area contributed by atoms with Crippen LogP contribution in [-0.2, 0) is 32.6 Å². The Morgan fingerprint density at radius 3 is 2.15 bits per heavy atom. The van der Waals surface area contributed by atoms with Gasteiger partial charge in [-0.3, -0.25) is 13.9 Å². The SMILES string of the molecule is CCCNC(=O)[C@@H](Cc1ccccc1)N(Cc1cccc(OC)c1)C(=O)CN(c1cccc(Cl)c1)S(=O)(=O)c1ccc(OC)cc1. The van der Waals surface area contributed by atoms with Crippen molar-refractivity contribution < 1.29 is 27.5 Å². The number of nitrogens with one attached hydrogen (secondary N) is 1. The summed E-state index contributed by atoms with van der Waals surface area (Å²) in [4.78, 5) is 29.7. The third-order valence-corrected chi connectivity index (χ3v) is 9.35. The summed E-state index contributed by atoms with van der Waals surface area (Å²) in [5.74, 6) is 0.153. The van der Waals surface area contributed by atoms with Crippen LogP contribution < -0.4 is 19.1 Å². The minimum Gasteiger partial charge on any atom is -0.497 e. The predicted octanol–water partition coefficient (Wildman–Crippen LogP) is 5.72. The van der Waals surface area contributed by atoms with Crippen molar-refractivity contribution in [2.75, 3.05) is 31.6 Å². The monoisotopic (exact) mass is 663 g/mol. The van der Waals surface area contributed by atoms with Crippen LogP contribution in [0.4, 0.5) is 5.69 Å². The highest BCUT2D eigenvalue weighted by molar-refractivity contribution is 7.92. The van der Waals surface area contributed by atoms with Crippen LogP contribution in [-0.4, -0.2) is 58.5 Å². The molecule has 46 heavy (non-hydrogen) atoms. The second-order valence-electron chi connectivity index (χ2n) is 10.5. The third-order valence-electron chi connectivity index (χ3n) is 7.33. The molecule has 0 spiro atoms. The van der Waals surface area contributed by atoms with E-state index in [1.165, 1.54) is 42.3 Å². The predicted molar refractivity (Wildman–Crippen MR) is 180 cm³/mol. The van der Waals surface area contributed by atoms with Crippen molar-refractivity contribution in [3.63, 3.8) is 0 Å². The number of sulfonamides is 1. The number of halogens is 1. The van der Waals surface area contributed by atoms with Gasteiger partial charge >= 0.3 is 0 Å². The molecule has 0 aliphatic carbocycles. The first-order valence-corrected chi connectivity index (χ1v) is 16.6. The number of benzene rings is 4. The minimum absolute atomic E-state index is 0.0268. The smallest absolute Gasteiger partial charge is 0.264 e. The lowest BCUT2D eigenvalue weighted by atomic mass is 10.0. The first-order chi connectivity index (χ1) is 22.2. The van der Waals surface area contributed by atoms with Crippen LogP contribution >= 0.6 is 11.6 Å². The fourth-order valence-electron chi connectivity index (χ4n) is 4.92. The van der Waals surface area contributed by atoms with E-state index in [1.54, 1.807) is 43.5 Å². The highest BCUT2D eigenvalue weighted by atomic mass is 35.5. The molecule has 4 aromatic rings. The molecule has 0 bridgehead atoms. The number of rotatable bonds is 15. The molecule has 1 N–H and O–H groups in total. The molecular weight excluding hydrogens is 626 g/mol. The third kappa shape index (κ3) is 8.80. The molecular formula is C35H38ClN3O6S. The number of methoxy groups -OCH3 is 2. The summed E-state index contributed by atoms with van der Waals surface area (Å²) in [5, 5.41) is 3.24. The van der Waals surface area contributed by atoms with E-state index in [2.05, 4.69) is 5.32 Å². The number of ether oxygens (including phenoxy) is 2. The van der Waals surface area contributed by atoms with Crippen LogP contribution in [0.15, 0.2) is 108 Å². The summed E-state index contributed by atoms with van der Waals surface area (Å²) < 4.78 is 39.9. The van der Waals surface area contributed by atoms with Crippen LogP contribution in [0, 0.1) is 0 Å². The summed E-state index contributed by atoms with van der Waals surface area (Å²) >= 11 is 6.29. The van der Waals surface area contributed by atoms with Crippen molar-refractivity contribution in [2.24, 2.45) is 0 Å². The van der Waals surface area contributed by atoms with E-state index in [9.17, 15) is 18.0 Å². The fraction of sp³-hybridized carbons (Fsp3) is 0.257. The maximum atomic E-state index is 14.5. The van der Waals surface area contributed by atoms with Gasteiger partial charge in [0.15, 0.2) is 0 Å². The maximum Gasteiger partial charge on any atom is 0.264 e. The molecule has 242 valence electrons. The molecule has 0 unspecified atom stereocenters. The number of amides is 2. The Hall–Kier alpha value is -4.54. The van der Waals surface area contributed by atoms with Gasteiger partial charge in [0.1, 0.15) is 24.1 Å². The van der Waals surface area contributed by atoms with Crippen molar-refractivity contribution in [2.45, 2.75) is 37.2 Å². The summed E-state index contributed by atoms with van der Waals surface area (Å²) in [6.07, 6.45) is 0.921. The Morgan fingerprint density at radius 2 is 1.50 bits per heavy atom. The van der Waals surface area contributed by atoms with Crippen molar-refractivity contribution >= 4 is 39.1 Å². The van der Waals surface area contributed by atoms with Crippen LogP contribution in [0.25, 0.3) is 0 Å². The summed E-state index contributed by atoms with van der Waals surface area (Å²) in [6.45, 7) is 1.80. The molecule has 0 saturated heterocycles. The van der Waals surface area contributed by atoms with Gasteiger partial charge in [-0.05, 0) is 72.1 Å². The molecule has 0 aliphatic heterocycles. The van der Waals surface area contributed by atoms with E-state index < -0.39 is 28.5 Å². The van der Waals surface area contributed by atoms with Gasteiger partial charge in [-0.1, -0.05) is 67.1 Å². The van der Waals surface area contributed by atoms with Gasteiger partial charge in [-0.25, -0.2) is 8.42 Å². The second-order valence-corrected chi connectivity index (χ2v) is 12.8. The van der Waals surface area contributed by atoms with Gasteiger partial charge in [0.05, 0.1) is 24.8 Å². The van der Waals surface area contributed by atoms with Crippen molar-refractivity contribution in [3.8, 4) is 11.5 Å². The maximum absolute atomic E-state index is 14.5. The highest BCUT2D eigenvalue weighted by Crippen LogP contribution is 2.28. The number of carbonyl (C=O) groups is 2. The quantitative estimate of drug-likeness (QED) is 0.175. The molecule has 4 aromatic carbocycles. The average Bonchev–Trinajstić information content (AvgIpc) is 3.08. The normalized spacial score (nSPS) is 11.7. The lowest BCUT2D eigenvalue weighted by Gasteiger charge is -2.34. The largest absolute Gasteiger partial charge is 0.497 e. The molecule has 4 rings (SSSR count). The molecule has 0 aliphatic rings. The molecule has 1 atom stereocenters. The number of carbonyl (C=O) groups excluding carboxylic acids is 2. The van der Waals surface area contributed by atoms with Crippen LogP contribution in [0.2, 0.25) is 5.02 Å². The standard InChI is InChI=1S/C35H38ClN3O6S/c1-4-20-37-35(41)33(22-26-10-6-5-7-11-26)38(24-27-12-8-15-31(21-27)45-3)34(40)25-39(29-14-9-13-28(36)23-29)46(42,43)32-18-16-30(44-2)17-19-32/h5-19,21,23,33H,4,20,22,24-25H2,1-3H3,(H,37,41)/t33-/m1/s1. The first kappa shape index (κ1) is 34.3. The summed E-state index contributed by atoms with van der Waals surface area (Å²) in [6, 6.07) is 27.8. The molecule has 0 fully saturated rings. The molecule has 0 saturated carbocycles. The number of nitrogens with zero attached hydrogens (tertiary/aromatic N) is 2. The molecule has 9 nitrogen and oxygen atoms in total.